The lowest BCUT2D eigenvalue weighted by molar-refractivity contribution is 0.283. The first kappa shape index (κ1) is 13.2. The van der Waals surface area contributed by atoms with E-state index in [9.17, 15) is 8.78 Å². The molecule has 0 aliphatic carbocycles. The minimum atomic E-state index is -0.612. The van der Waals surface area contributed by atoms with Crippen molar-refractivity contribution in [2.24, 2.45) is 0 Å². The minimum Gasteiger partial charge on any atom is -0.484 e. The van der Waals surface area contributed by atoms with Crippen molar-refractivity contribution in [2.75, 3.05) is 11.9 Å². The molecular weight excluding hydrogens is 252 g/mol. The van der Waals surface area contributed by atoms with Gasteiger partial charge in [-0.1, -0.05) is 0 Å². The highest BCUT2D eigenvalue weighted by atomic mass is 19.1. The van der Waals surface area contributed by atoms with E-state index in [2.05, 4.69) is 15.3 Å². The molecule has 0 fully saturated rings. The molecule has 2 aromatic rings. The number of benzene rings is 1. The molecular formula is C13H13F2N3O. The van der Waals surface area contributed by atoms with E-state index in [1.807, 2.05) is 6.92 Å². The van der Waals surface area contributed by atoms with Crippen LogP contribution in [0.1, 0.15) is 12.6 Å². The maximum atomic E-state index is 13.3. The zero-order valence-corrected chi connectivity index (χ0v) is 10.4. The molecule has 0 atom stereocenters. The zero-order chi connectivity index (χ0) is 13.7. The molecule has 1 aromatic heterocycles. The standard InChI is InChI=1S/C13H13F2N3O/c1-2-16-13-7-17-10(6-18-13)8-19-12-5-9(14)3-4-11(12)15/h3-7H,2,8H2,1H3,(H,16,18). The van der Waals surface area contributed by atoms with E-state index in [1.54, 1.807) is 6.20 Å². The Hall–Kier alpha value is -2.24. The average Bonchev–Trinajstić information content (AvgIpc) is 2.42. The van der Waals surface area contributed by atoms with Gasteiger partial charge in [-0.15, -0.1) is 0 Å². The lowest BCUT2D eigenvalue weighted by Crippen LogP contribution is -2.04. The van der Waals surface area contributed by atoms with Crippen LogP contribution < -0.4 is 10.1 Å². The summed E-state index contributed by atoms with van der Waals surface area (Å²) in [5, 5.41) is 3.00. The molecule has 0 aliphatic heterocycles. The smallest absolute Gasteiger partial charge is 0.165 e. The van der Waals surface area contributed by atoms with Crippen molar-refractivity contribution in [2.45, 2.75) is 13.5 Å². The van der Waals surface area contributed by atoms with E-state index < -0.39 is 11.6 Å². The van der Waals surface area contributed by atoms with Crippen LogP contribution >= 0.6 is 0 Å². The molecule has 0 amide bonds. The van der Waals surface area contributed by atoms with Gasteiger partial charge in [-0.3, -0.25) is 4.98 Å². The average molecular weight is 265 g/mol. The fourth-order valence-corrected chi connectivity index (χ4v) is 1.44. The van der Waals surface area contributed by atoms with Crippen LogP contribution in [0.3, 0.4) is 0 Å². The van der Waals surface area contributed by atoms with Crippen molar-refractivity contribution in [3.8, 4) is 5.75 Å². The van der Waals surface area contributed by atoms with E-state index in [0.717, 1.165) is 24.7 Å². The van der Waals surface area contributed by atoms with Crippen molar-refractivity contribution >= 4 is 5.82 Å². The molecule has 0 saturated carbocycles. The fourth-order valence-electron chi connectivity index (χ4n) is 1.44. The van der Waals surface area contributed by atoms with Crippen LogP contribution in [0.4, 0.5) is 14.6 Å². The number of hydrogen-bond donors (Lipinski definition) is 1. The number of nitrogens with zero attached hydrogens (tertiary/aromatic N) is 2. The van der Waals surface area contributed by atoms with Crippen LogP contribution in [0.25, 0.3) is 0 Å². The van der Waals surface area contributed by atoms with Crippen LogP contribution in [0.2, 0.25) is 0 Å². The summed E-state index contributed by atoms with van der Waals surface area (Å²) < 4.78 is 31.4. The summed E-state index contributed by atoms with van der Waals surface area (Å²) in [6, 6.07) is 3.05. The molecule has 0 aliphatic rings. The highest BCUT2D eigenvalue weighted by Gasteiger charge is 2.06. The van der Waals surface area contributed by atoms with Gasteiger partial charge in [-0.05, 0) is 19.1 Å². The van der Waals surface area contributed by atoms with Gasteiger partial charge in [0.2, 0.25) is 0 Å². The van der Waals surface area contributed by atoms with Crippen LogP contribution in [-0.2, 0) is 6.61 Å². The number of anilines is 1. The summed E-state index contributed by atoms with van der Waals surface area (Å²) in [4.78, 5) is 8.20. The van der Waals surface area contributed by atoms with Crippen molar-refractivity contribution in [1.29, 1.82) is 0 Å². The molecule has 1 aromatic carbocycles. The Morgan fingerprint density at radius 1 is 1.21 bits per heavy atom. The van der Waals surface area contributed by atoms with Gasteiger partial charge < -0.3 is 10.1 Å². The van der Waals surface area contributed by atoms with E-state index >= 15 is 0 Å². The largest absolute Gasteiger partial charge is 0.484 e. The molecule has 4 nitrogen and oxygen atoms in total. The lowest BCUT2D eigenvalue weighted by Gasteiger charge is -2.07. The zero-order valence-electron chi connectivity index (χ0n) is 10.4. The molecule has 2 rings (SSSR count). The third-order valence-electron chi connectivity index (χ3n) is 2.33. The van der Waals surface area contributed by atoms with Crippen molar-refractivity contribution in [3.63, 3.8) is 0 Å². The topological polar surface area (TPSA) is 47.0 Å². The maximum absolute atomic E-state index is 13.3. The lowest BCUT2D eigenvalue weighted by atomic mass is 10.3. The Kier molecular flexibility index (Phi) is 4.22. The molecule has 0 bridgehead atoms. The molecule has 6 heteroatoms. The second kappa shape index (κ2) is 6.08. The van der Waals surface area contributed by atoms with Gasteiger partial charge in [-0.25, -0.2) is 13.8 Å². The predicted molar refractivity (Wildman–Crippen MR) is 66.9 cm³/mol. The third-order valence-corrected chi connectivity index (χ3v) is 2.33. The van der Waals surface area contributed by atoms with Crippen LogP contribution in [0.15, 0.2) is 30.6 Å². The molecule has 19 heavy (non-hydrogen) atoms. The summed E-state index contributed by atoms with van der Waals surface area (Å²) in [6.07, 6.45) is 3.08. The first-order chi connectivity index (χ1) is 9.19. The summed E-state index contributed by atoms with van der Waals surface area (Å²) in [5.41, 5.74) is 0.533. The minimum absolute atomic E-state index is 0.0276. The van der Waals surface area contributed by atoms with Crippen LogP contribution in [-0.4, -0.2) is 16.5 Å². The number of hydrogen-bond acceptors (Lipinski definition) is 4. The van der Waals surface area contributed by atoms with Gasteiger partial charge in [-0.2, -0.15) is 0 Å². The Labute approximate surface area is 109 Å². The van der Waals surface area contributed by atoms with Crippen molar-refractivity contribution < 1.29 is 13.5 Å². The van der Waals surface area contributed by atoms with Gasteiger partial charge >= 0.3 is 0 Å². The SMILES string of the molecule is CCNc1cnc(COc2cc(F)ccc2F)cn1. The monoisotopic (exact) mass is 265 g/mol. The Morgan fingerprint density at radius 3 is 2.74 bits per heavy atom. The van der Waals surface area contributed by atoms with Gasteiger partial charge in [0.05, 0.1) is 18.1 Å². The summed E-state index contributed by atoms with van der Waals surface area (Å²) >= 11 is 0. The van der Waals surface area contributed by atoms with E-state index in [-0.39, 0.29) is 12.4 Å². The maximum Gasteiger partial charge on any atom is 0.165 e. The van der Waals surface area contributed by atoms with Gasteiger partial charge in [0.1, 0.15) is 18.2 Å². The fraction of sp³-hybridized carbons (Fsp3) is 0.231. The quantitative estimate of drug-likeness (QED) is 0.903. The molecule has 0 saturated heterocycles. The molecule has 1 N–H and O–H groups in total. The predicted octanol–water partition coefficient (Wildman–Crippen LogP) is 2.77. The van der Waals surface area contributed by atoms with Gasteiger partial charge in [0.15, 0.2) is 11.6 Å². The number of ether oxygens (including phenoxy) is 1. The van der Waals surface area contributed by atoms with Gasteiger partial charge in [0.25, 0.3) is 0 Å². The van der Waals surface area contributed by atoms with Crippen molar-refractivity contribution in [1.82, 2.24) is 9.97 Å². The first-order valence-corrected chi connectivity index (χ1v) is 5.81. The Morgan fingerprint density at radius 2 is 2.05 bits per heavy atom. The van der Waals surface area contributed by atoms with Crippen LogP contribution in [0, 0.1) is 11.6 Å². The van der Waals surface area contributed by atoms with E-state index in [4.69, 9.17) is 4.74 Å². The molecule has 100 valence electrons. The Balaban J connectivity index is 2.00. The van der Waals surface area contributed by atoms with E-state index in [0.29, 0.717) is 11.5 Å². The highest BCUT2D eigenvalue weighted by Crippen LogP contribution is 2.18. The molecule has 1 heterocycles. The summed E-state index contributed by atoms with van der Waals surface area (Å²) in [5.74, 6) is -0.649. The highest BCUT2D eigenvalue weighted by molar-refractivity contribution is 5.30. The van der Waals surface area contributed by atoms with Crippen LogP contribution in [0.5, 0.6) is 5.75 Å². The third kappa shape index (κ3) is 3.61. The summed E-state index contributed by atoms with van der Waals surface area (Å²) in [7, 11) is 0. The number of nitrogens with one attached hydrogen (secondary N) is 1. The van der Waals surface area contributed by atoms with Gasteiger partial charge in [0, 0.05) is 12.6 Å². The second-order valence-electron chi connectivity index (χ2n) is 3.79. The number of rotatable bonds is 5. The molecule has 0 unspecified atom stereocenters. The van der Waals surface area contributed by atoms with E-state index in [1.165, 1.54) is 6.20 Å². The Bertz CT molecular complexity index is 546. The van der Waals surface area contributed by atoms with Crippen molar-refractivity contribution in [3.05, 3.63) is 47.9 Å². The number of aromatic nitrogens is 2. The molecule has 0 radical (unpaired) electrons. The molecule has 0 spiro atoms. The second-order valence-corrected chi connectivity index (χ2v) is 3.79. The summed E-state index contributed by atoms with van der Waals surface area (Å²) in [6.45, 7) is 2.73. The normalized spacial score (nSPS) is 10.3. The number of halogens is 2. The first-order valence-electron chi connectivity index (χ1n) is 5.81.